The molecule has 0 amide bonds. The molecular formula is C15H32N2. The van der Waals surface area contributed by atoms with Gasteiger partial charge in [0.25, 0.3) is 0 Å². The fourth-order valence-corrected chi connectivity index (χ4v) is 2.51. The van der Waals surface area contributed by atoms with E-state index in [2.05, 4.69) is 51.9 Å². The summed E-state index contributed by atoms with van der Waals surface area (Å²) in [6.45, 7) is 15.1. The van der Waals surface area contributed by atoms with E-state index in [1.54, 1.807) is 0 Å². The van der Waals surface area contributed by atoms with Crippen LogP contribution in [0.3, 0.4) is 0 Å². The van der Waals surface area contributed by atoms with Crippen LogP contribution in [0.1, 0.15) is 47.5 Å². The SMILES string of the molecule is CC(C)CNCC(C)(C)CN(C)C(C)C1CC1. The van der Waals surface area contributed by atoms with Gasteiger partial charge >= 0.3 is 0 Å². The summed E-state index contributed by atoms with van der Waals surface area (Å²) in [5, 5.41) is 3.59. The van der Waals surface area contributed by atoms with Gasteiger partial charge in [0.15, 0.2) is 0 Å². The highest BCUT2D eigenvalue weighted by atomic mass is 15.1. The molecule has 1 rings (SSSR count). The third-order valence-electron chi connectivity index (χ3n) is 3.83. The van der Waals surface area contributed by atoms with Crippen molar-refractivity contribution in [3.63, 3.8) is 0 Å². The normalized spacial score (nSPS) is 19.1. The van der Waals surface area contributed by atoms with Crippen LogP contribution in [0.4, 0.5) is 0 Å². The second-order valence-corrected chi connectivity index (χ2v) is 7.18. The lowest BCUT2D eigenvalue weighted by Gasteiger charge is -2.34. The van der Waals surface area contributed by atoms with Crippen LogP contribution in [-0.4, -0.2) is 37.6 Å². The monoisotopic (exact) mass is 240 g/mol. The molecule has 0 spiro atoms. The molecule has 0 heterocycles. The lowest BCUT2D eigenvalue weighted by Crippen LogP contribution is -2.43. The van der Waals surface area contributed by atoms with Gasteiger partial charge in [-0.2, -0.15) is 0 Å². The standard InChI is InChI=1S/C15H32N2/c1-12(2)9-16-10-15(4,5)11-17(6)13(3)14-7-8-14/h12-14,16H,7-11H2,1-6H3. The molecule has 1 atom stereocenters. The Balaban J connectivity index is 2.26. The van der Waals surface area contributed by atoms with Crippen molar-refractivity contribution in [3.05, 3.63) is 0 Å². The Bertz CT molecular complexity index is 219. The first-order chi connectivity index (χ1) is 7.82. The van der Waals surface area contributed by atoms with E-state index in [0.717, 1.165) is 31.0 Å². The second kappa shape index (κ2) is 6.19. The summed E-state index contributed by atoms with van der Waals surface area (Å²) in [7, 11) is 2.28. The Morgan fingerprint density at radius 2 is 1.82 bits per heavy atom. The number of hydrogen-bond acceptors (Lipinski definition) is 2. The van der Waals surface area contributed by atoms with Crippen LogP contribution in [0.2, 0.25) is 0 Å². The molecule has 17 heavy (non-hydrogen) atoms. The molecule has 0 aliphatic heterocycles. The Morgan fingerprint density at radius 1 is 1.24 bits per heavy atom. The molecule has 102 valence electrons. The van der Waals surface area contributed by atoms with Gasteiger partial charge in [0.1, 0.15) is 0 Å². The van der Waals surface area contributed by atoms with Crippen molar-refractivity contribution in [1.29, 1.82) is 0 Å². The summed E-state index contributed by atoms with van der Waals surface area (Å²) in [5.74, 6) is 1.72. The van der Waals surface area contributed by atoms with Gasteiger partial charge in [0.05, 0.1) is 0 Å². The predicted molar refractivity (Wildman–Crippen MR) is 76.3 cm³/mol. The van der Waals surface area contributed by atoms with Gasteiger partial charge < -0.3 is 10.2 Å². The minimum Gasteiger partial charge on any atom is -0.316 e. The van der Waals surface area contributed by atoms with Crippen LogP contribution >= 0.6 is 0 Å². The van der Waals surface area contributed by atoms with Crippen molar-refractivity contribution in [2.75, 3.05) is 26.7 Å². The summed E-state index contributed by atoms with van der Waals surface area (Å²) in [4.78, 5) is 2.55. The third-order valence-corrected chi connectivity index (χ3v) is 3.83. The minimum absolute atomic E-state index is 0.368. The molecule has 1 saturated carbocycles. The van der Waals surface area contributed by atoms with E-state index in [0.29, 0.717) is 5.41 Å². The summed E-state index contributed by atoms with van der Waals surface area (Å²) >= 11 is 0. The van der Waals surface area contributed by atoms with E-state index < -0.39 is 0 Å². The van der Waals surface area contributed by atoms with E-state index in [1.165, 1.54) is 19.4 Å². The molecule has 0 saturated heterocycles. The zero-order chi connectivity index (χ0) is 13.1. The van der Waals surface area contributed by atoms with E-state index in [-0.39, 0.29) is 0 Å². The first kappa shape index (κ1) is 15.0. The van der Waals surface area contributed by atoms with Crippen molar-refractivity contribution < 1.29 is 0 Å². The topological polar surface area (TPSA) is 15.3 Å². The van der Waals surface area contributed by atoms with Gasteiger partial charge in [0, 0.05) is 19.1 Å². The maximum Gasteiger partial charge on any atom is 0.00923 e. The molecule has 1 N–H and O–H groups in total. The van der Waals surface area contributed by atoms with Gasteiger partial charge in [-0.05, 0) is 50.6 Å². The summed E-state index contributed by atoms with van der Waals surface area (Å²) in [6.07, 6.45) is 2.88. The van der Waals surface area contributed by atoms with Gasteiger partial charge in [-0.25, -0.2) is 0 Å². The Morgan fingerprint density at radius 3 is 2.29 bits per heavy atom. The molecule has 1 aliphatic carbocycles. The van der Waals surface area contributed by atoms with E-state index >= 15 is 0 Å². The third kappa shape index (κ3) is 5.87. The van der Waals surface area contributed by atoms with Crippen molar-refractivity contribution in [1.82, 2.24) is 10.2 Å². The molecule has 0 radical (unpaired) electrons. The van der Waals surface area contributed by atoms with Crippen LogP contribution in [0.5, 0.6) is 0 Å². The average Bonchev–Trinajstić information content (AvgIpc) is 2.97. The first-order valence-corrected chi connectivity index (χ1v) is 7.23. The highest BCUT2D eigenvalue weighted by Gasteiger charge is 2.32. The highest BCUT2D eigenvalue weighted by molar-refractivity contribution is 4.86. The summed E-state index contributed by atoms with van der Waals surface area (Å²) in [6, 6.07) is 0.763. The quantitative estimate of drug-likeness (QED) is 0.701. The maximum atomic E-state index is 3.59. The largest absolute Gasteiger partial charge is 0.316 e. The molecule has 2 heteroatoms. The van der Waals surface area contributed by atoms with Crippen molar-refractivity contribution in [2.45, 2.75) is 53.5 Å². The number of nitrogens with zero attached hydrogens (tertiary/aromatic N) is 1. The molecule has 0 aromatic heterocycles. The smallest absolute Gasteiger partial charge is 0.00923 e. The zero-order valence-corrected chi connectivity index (χ0v) is 12.7. The molecule has 0 aromatic carbocycles. The van der Waals surface area contributed by atoms with Crippen LogP contribution in [0.15, 0.2) is 0 Å². The molecular weight excluding hydrogens is 208 g/mol. The highest BCUT2D eigenvalue weighted by Crippen LogP contribution is 2.35. The Hall–Kier alpha value is -0.0800. The Kier molecular flexibility index (Phi) is 5.46. The van der Waals surface area contributed by atoms with Crippen molar-refractivity contribution >= 4 is 0 Å². The molecule has 1 unspecified atom stereocenters. The lowest BCUT2D eigenvalue weighted by molar-refractivity contribution is 0.152. The summed E-state index contributed by atoms with van der Waals surface area (Å²) in [5.41, 5.74) is 0.368. The molecule has 2 nitrogen and oxygen atoms in total. The average molecular weight is 240 g/mol. The van der Waals surface area contributed by atoms with Gasteiger partial charge in [0.2, 0.25) is 0 Å². The van der Waals surface area contributed by atoms with Gasteiger partial charge in [-0.15, -0.1) is 0 Å². The van der Waals surface area contributed by atoms with Crippen LogP contribution < -0.4 is 5.32 Å². The van der Waals surface area contributed by atoms with Crippen molar-refractivity contribution in [3.8, 4) is 0 Å². The maximum absolute atomic E-state index is 3.59. The molecule has 0 bridgehead atoms. The predicted octanol–water partition coefficient (Wildman–Crippen LogP) is 2.99. The van der Waals surface area contributed by atoms with E-state index in [4.69, 9.17) is 0 Å². The van der Waals surface area contributed by atoms with Crippen LogP contribution in [0.25, 0.3) is 0 Å². The fourth-order valence-electron chi connectivity index (χ4n) is 2.51. The number of rotatable bonds is 8. The first-order valence-electron chi connectivity index (χ1n) is 7.23. The summed E-state index contributed by atoms with van der Waals surface area (Å²) < 4.78 is 0. The molecule has 1 aliphatic rings. The number of nitrogens with one attached hydrogen (secondary N) is 1. The molecule has 0 aromatic rings. The zero-order valence-electron chi connectivity index (χ0n) is 12.7. The fraction of sp³-hybridized carbons (Fsp3) is 1.00. The molecule has 1 fully saturated rings. The Labute approximate surface area is 108 Å². The van der Waals surface area contributed by atoms with Gasteiger partial charge in [-0.1, -0.05) is 27.7 Å². The lowest BCUT2D eigenvalue weighted by atomic mass is 9.91. The van der Waals surface area contributed by atoms with E-state index in [1.807, 2.05) is 0 Å². The van der Waals surface area contributed by atoms with Crippen molar-refractivity contribution in [2.24, 2.45) is 17.3 Å². The number of hydrogen-bond donors (Lipinski definition) is 1. The van der Waals surface area contributed by atoms with Crippen LogP contribution in [-0.2, 0) is 0 Å². The minimum atomic E-state index is 0.368. The van der Waals surface area contributed by atoms with Gasteiger partial charge in [-0.3, -0.25) is 0 Å². The van der Waals surface area contributed by atoms with Crippen LogP contribution in [0, 0.1) is 17.3 Å². The van der Waals surface area contributed by atoms with E-state index in [9.17, 15) is 0 Å². The second-order valence-electron chi connectivity index (χ2n) is 7.18.